The second-order valence-electron chi connectivity index (χ2n) is 8.78. The van der Waals surface area contributed by atoms with Crippen molar-refractivity contribution in [2.45, 2.75) is 57.8 Å². The van der Waals surface area contributed by atoms with E-state index in [0.717, 1.165) is 35.0 Å². The molecular formula is C17H28Si. The van der Waals surface area contributed by atoms with Crippen molar-refractivity contribution in [3.05, 3.63) is 12.2 Å². The van der Waals surface area contributed by atoms with Crippen molar-refractivity contribution in [2.24, 2.45) is 35.0 Å². The third-order valence-corrected chi connectivity index (χ3v) is 8.22. The van der Waals surface area contributed by atoms with E-state index in [0.29, 0.717) is 0 Å². The van der Waals surface area contributed by atoms with Crippen LogP contribution in [0.5, 0.6) is 0 Å². The van der Waals surface area contributed by atoms with Crippen LogP contribution in [0.15, 0.2) is 12.2 Å². The highest BCUT2D eigenvalue weighted by Crippen LogP contribution is 2.82. The van der Waals surface area contributed by atoms with Crippen LogP contribution in [0.4, 0.5) is 0 Å². The molecule has 18 heavy (non-hydrogen) atoms. The van der Waals surface area contributed by atoms with Crippen molar-refractivity contribution in [3.8, 4) is 0 Å². The molecule has 100 valence electrons. The van der Waals surface area contributed by atoms with Crippen LogP contribution >= 0.6 is 0 Å². The molecule has 0 spiro atoms. The van der Waals surface area contributed by atoms with E-state index < -0.39 is 8.07 Å². The molecule has 0 aliphatic heterocycles. The Balaban J connectivity index is 1.66. The quantitative estimate of drug-likeness (QED) is 0.486. The number of rotatable bonds is 2. The van der Waals surface area contributed by atoms with Gasteiger partial charge in [-0.15, -0.1) is 0 Å². The Morgan fingerprint density at radius 3 is 2.33 bits per heavy atom. The first-order valence-corrected chi connectivity index (χ1v) is 11.9. The Kier molecular flexibility index (Phi) is 2.31. The first-order valence-electron chi connectivity index (χ1n) is 8.22. The summed E-state index contributed by atoms with van der Waals surface area (Å²) in [6.45, 7) is 7.76. The van der Waals surface area contributed by atoms with Gasteiger partial charge >= 0.3 is 0 Å². The minimum atomic E-state index is -0.913. The van der Waals surface area contributed by atoms with Crippen molar-refractivity contribution < 1.29 is 0 Å². The minimum Gasteiger partial charge on any atom is -0.0842 e. The topological polar surface area (TPSA) is 0 Å². The van der Waals surface area contributed by atoms with Crippen molar-refractivity contribution in [1.82, 2.24) is 0 Å². The molecule has 4 aliphatic carbocycles. The fourth-order valence-corrected chi connectivity index (χ4v) is 8.96. The van der Waals surface area contributed by atoms with E-state index in [1.807, 2.05) is 0 Å². The minimum absolute atomic E-state index is 0.803. The van der Waals surface area contributed by atoms with Crippen LogP contribution in [-0.2, 0) is 0 Å². The van der Waals surface area contributed by atoms with Gasteiger partial charge in [-0.3, -0.25) is 0 Å². The summed E-state index contributed by atoms with van der Waals surface area (Å²) in [5.74, 6) is 5.36. The summed E-state index contributed by atoms with van der Waals surface area (Å²) in [6, 6.07) is 1.61. The van der Waals surface area contributed by atoms with E-state index in [1.54, 1.807) is 18.9 Å². The van der Waals surface area contributed by atoms with Gasteiger partial charge in [-0.25, -0.2) is 0 Å². The fourth-order valence-electron chi connectivity index (χ4n) is 6.42. The average molecular weight is 260 g/mol. The number of hydrogen-bond donors (Lipinski definition) is 0. The van der Waals surface area contributed by atoms with Crippen LogP contribution in [0.25, 0.3) is 0 Å². The van der Waals surface area contributed by atoms with E-state index in [4.69, 9.17) is 0 Å². The predicted molar refractivity (Wildman–Crippen MR) is 80.3 cm³/mol. The summed E-state index contributed by atoms with van der Waals surface area (Å²) in [7, 11) is -0.913. The maximum Gasteiger partial charge on any atom is 0.0448 e. The number of allylic oxidation sites excluding steroid dienone is 2. The zero-order chi connectivity index (χ0) is 12.5. The van der Waals surface area contributed by atoms with Gasteiger partial charge in [0.05, 0.1) is 0 Å². The normalized spacial score (nSPS) is 52.9. The van der Waals surface area contributed by atoms with Gasteiger partial charge in [-0.2, -0.15) is 0 Å². The molecule has 4 rings (SSSR count). The Morgan fingerprint density at radius 2 is 1.61 bits per heavy atom. The molecule has 0 bridgehead atoms. The summed E-state index contributed by atoms with van der Waals surface area (Å²) in [6.07, 6.45) is 13.0. The molecule has 3 fully saturated rings. The molecule has 0 N–H and O–H groups in total. The largest absolute Gasteiger partial charge is 0.0842 e. The third-order valence-electron chi connectivity index (χ3n) is 6.55. The fraction of sp³-hybridized carbons (Fsp3) is 0.882. The maximum absolute atomic E-state index is 2.66. The highest BCUT2D eigenvalue weighted by Gasteiger charge is 2.77. The van der Waals surface area contributed by atoms with E-state index in [1.165, 1.54) is 19.3 Å². The van der Waals surface area contributed by atoms with E-state index in [2.05, 4.69) is 31.8 Å². The standard InChI is InChI=1S/C17H28Si/c1-18(2,3)11-17-14-9-10-15(17)16(17)13-8-6-4-5-7-12(13)14/h9-10,12-16H,4-8,11H2,1-3H3/t12?,13?,14?,15?,16?,17-/m1/s1. The van der Waals surface area contributed by atoms with Gasteiger partial charge in [-0.1, -0.05) is 57.1 Å². The van der Waals surface area contributed by atoms with E-state index >= 15 is 0 Å². The lowest BCUT2D eigenvalue weighted by Gasteiger charge is -2.30. The lowest BCUT2D eigenvalue weighted by Crippen LogP contribution is -2.29. The lowest BCUT2D eigenvalue weighted by atomic mass is 9.79. The summed E-state index contributed by atoms with van der Waals surface area (Å²) in [4.78, 5) is 0. The third kappa shape index (κ3) is 1.37. The maximum atomic E-state index is 2.66. The second kappa shape index (κ2) is 3.53. The first-order chi connectivity index (χ1) is 8.54. The molecule has 0 aromatic rings. The molecule has 4 aliphatic rings. The van der Waals surface area contributed by atoms with E-state index in [-0.39, 0.29) is 0 Å². The van der Waals surface area contributed by atoms with Crippen molar-refractivity contribution in [2.75, 3.05) is 0 Å². The molecule has 0 aromatic carbocycles. The van der Waals surface area contributed by atoms with Crippen molar-refractivity contribution in [3.63, 3.8) is 0 Å². The summed E-state index contributed by atoms with van der Waals surface area (Å²) < 4.78 is 0. The van der Waals surface area contributed by atoms with E-state index in [9.17, 15) is 0 Å². The van der Waals surface area contributed by atoms with Crippen LogP contribution in [0.3, 0.4) is 0 Å². The smallest absolute Gasteiger partial charge is 0.0448 e. The average Bonchev–Trinajstić information content (AvgIpc) is 2.78. The molecule has 0 saturated heterocycles. The Bertz CT molecular complexity index is 391. The summed E-state index contributed by atoms with van der Waals surface area (Å²) >= 11 is 0. The molecular weight excluding hydrogens is 232 g/mol. The molecule has 0 amide bonds. The summed E-state index contributed by atoms with van der Waals surface area (Å²) in [5.41, 5.74) is 0.803. The van der Waals surface area contributed by atoms with Gasteiger partial charge in [0.15, 0.2) is 0 Å². The first kappa shape index (κ1) is 11.8. The molecule has 5 unspecified atom stereocenters. The number of hydrogen-bond acceptors (Lipinski definition) is 0. The SMILES string of the molecule is C[Si](C)(C)C[C@@]12C3C=CC1C2C1CCCCCC13. The molecule has 0 nitrogen and oxygen atoms in total. The Hall–Kier alpha value is -0.0431. The lowest BCUT2D eigenvalue weighted by molar-refractivity contribution is 0.255. The van der Waals surface area contributed by atoms with Crippen molar-refractivity contribution >= 4 is 8.07 Å². The molecule has 0 heterocycles. The van der Waals surface area contributed by atoms with Gasteiger partial charge in [0.2, 0.25) is 0 Å². The zero-order valence-corrected chi connectivity index (χ0v) is 13.3. The highest BCUT2D eigenvalue weighted by molar-refractivity contribution is 6.76. The van der Waals surface area contributed by atoms with Crippen molar-refractivity contribution in [1.29, 1.82) is 0 Å². The van der Waals surface area contributed by atoms with Gasteiger partial charge in [0.1, 0.15) is 0 Å². The van der Waals surface area contributed by atoms with Crippen LogP contribution in [0.2, 0.25) is 25.7 Å². The van der Waals surface area contributed by atoms with Gasteiger partial charge < -0.3 is 0 Å². The number of fused-ring (bicyclic) bond motifs is 4. The highest BCUT2D eigenvalue weighted by atomic mass is 28.3. The summed E-state index contributed by atoms with van der Waals surface area (Å²) in [5, 5.41) is 0. The van der Waals surface area contributed by atoms with Crippen LogP contribution in [0.1, 0.15) is 32.1 Å². The molecule has 3 saturated carbocycles. The molecule has 6 atom stereocenters. The monoisotopic (exact) mass is 260 g/mol. The predicted octanol–water partition coefficient (Wildman–Crippen LogP) is 4.95. The Labute approximate surface area is 113 Å². The molecule has 0 aromatic heterocycles. The molecule has 1 heteroatoms. The molecule has 0 radical (unpaired) electrons. The Morgan fingerprint density at radius 1 is 0.944 bits per heavy atom. The van der Waals surface area contributed by atoms with Crippen LogP contribution in [0, 0.1) is 35.0 Å². The van der Waals surface area contributed by atoms with Crippen LogP contribution in [-0.4, -0.2) is 8.07 Å². The zero-order valence-electron chi connectivity index (χ0n) is 12.3. The van der Waals surface area contributed by atoms with Gasteiger partial charge in [-0.05, 0) is 47.8 Å². The van der Waals surface area contributed by atoms with Crippen LogP contribution < -0.4 is 0 Å². The van der Waals surface area contributed by atoms with Gasteiger partial charge in [0, 0.05) is 8.07 Å². The van der Waals surface area contributed by atoms with Gasteiger partial charge in [0.25, 0.3) is 0 Å². The second-order valence-corrected chi connectivity index (χ2v) is 14.3.